The number of nitrogens with zero attached hydrogens (tertiary/aromatic N) is 2. The molecule has 2 heterocycles. The number of carbonyl (C=O) groups excluding carboxylic acids is 1. The molecule has 1 amide bonds. The van der Waals surface area contributed by atoms with Crippen molar-refractivity contribution in [1.29, 1.82) is 0 Å². The second kappa shape index (κ2) is 11.1. The van der Waals surface area contributed by atoms with Crippen LogP contribution >= 0.6 is 11.6 Å². The number of likely N-dealkylation sites (tertiary alicyclic amines) is 1. The first-order chi connectivity index (χ1) is 15.8. The van der Waals surface area contributed by atoms with Crippen LogP contribution in [0.1, 0.15) is 31.9 Å². The smallest absolute Gasteiger partial charge is 0.290 e. The largest absolute Gasteiger partial charge is 0.483 e. The van der Waals surface area contributed by atoms with Crippen LogP contribution in [0.5, 0.6) is 5.75 Å². The third-order valence-corrected chi connectivity index (χ3v) is 5.77. The fourth-order valence-corrected chi connectivity index (χ4v) is 4.24. The third kappa shape index (κ3) is 5.99. The second-order valence-electron chi connectivity index (χ2n) is 7.87. The van der Waals surface area contributed by atoms with Gasteiger partial charge in [-0.05, 0) is 75.1 Å². The van der Waals surface area contributed by atoms with Gasteiger partial charge in [-0.1, -0.05) is 11.6 Å². The molecule has 1 N–H and O–H groups in total. The van der Waals surface area contributed by atoms with Crippen molar-refractivity contribution in [3.05, 3.63) is 59.0 Å². The predicted molar refractivity (Wildman–Crippen MR) is 126 cm³/mol. The number of piperidine rings is 1. The number of ether oxygens (including phenoxy) is 1. The number of benzene rings is 2. The van der Waals surface area contributed by atoms with Crippen LogP contribution in [0.4, 0.5) is 4.39 Å². The Morgan fingerprint density at radius 3 is 2.52 bits per heavy atom. The fourth-order valence-electron chi connectivity index (χ4n) is 3.97. The van der Waals surface area contributed by atoms with Gasteiger partial charge in [-0.25, -0.2) is 4.39 Å². The van der Waals surface area contributed by atoms with Crippen LogP contribution < -0.4 is 4.74 Å². The molecule has 1 unspecified atom stereocenters. The Hall–Kier alpha value is -3.19. The van der Waals surface area contributed by atoms with Gasteiger partial charge in [0.2, 0.25) is 0 Å². The standard InChI is InChI=1S/C24H24ClFN2O2.CH2O2/c1-15-12-21(19-8-6-17(26)13-22(19)25)20-9-7-18(14-23(20)27-15)30-16(2)24(29)28-10-4-3-5-11-28;2-1-3/h6-9,12-14,16H,3-5,10-11H2,1-2H3;1H,(H,2,3). The van der Waals surface area contributed by atoms with Crippen LogP contribution in [0.25, 0.3) is 22.0 Å². The molecular formula is C25H26ClFN2O4. The van der Waals surface area contributed by atoms with Gasteiger partial charge in [-0.2, -0.15) is 0 Å². The van der Waals surface area contributed by atoms with E-state index in [2.05, 4.69) is 4.98 Å². The topological polar surface area (TPSA) is 79.7 Å². The average molecular weight is 473 g/mol. The molecule has 4 rings (SSSR count). The van der Waals surface area contributed by atoms with Crippen LogP contribution in [0, 0.1) is 12.7 Å². The zero-order valence-corrected chi connectivity index (χ0v) is 19.3. The quantitative estimate of drug-likeness (QED) is 0.508. The van der Waals surface area contributed by atoms with Gasteiger partial charge >= 0.3 is 0 Å². The molecule has 0 aliphatic carbocycles. The number of aromatic nitrogens is 1. The van der Waals surface area contributed by atoms with Gasteiger partial charge in [0.1, 0.15) is 11.6 Å². The Bertz CT molecular complexity index is 1150. The summed E-state index contributed by atoms with van der Waals surface area (Å²) in [6, 6.07) is 11.9. The number of carboxylic acid groups (broad SMARTS) is 1. The monoisotopic (exact) mass is 472 g/mol. The first-order valence-corrected chi connectivity index (χ1v) is 11.1. The molecule has 174 valence electrons. The highest BCUT2D eigenvalue weighted by atomic mass is 35.5. The number of hydrogen-bond donors (Lipinski definition) is 1. The van der Waals surface area contributed by atoms with Crippen LogP contribution in [0.2, 0.25) is 5.02 Å². The summed E-state index contributed by atoms with van der Waals surface area (Å²) in [4.78, 5) is 27.5. The highest BCUT2D eigenvalue weighted by molar-refractivity contribution is 6.33. The number of rotatable bonds is 4. The maximum Gasteiger partial charge on any atom is 0.290 e. The van der Waals surface area contributed by atoms with Crippen molar-refractivity contribution < 1.29 is 23.8 Å². The summed E-state index contributed by atoms with van der Waals surface area (Å²) in [5.41, 5.74) is 3.18. The molecule has 1 aliphatic heterocycles. The second-order valence-corrected chi connectivity index (χ2v) is 8.27. The lowest BCUT2D eigenvalue weighted by atomic mass is 10.00. The van der Waals surface area contributed by atoms with Crippen molar-refractivity contribution in [1.82, 2.24) is 9.88 Å². The van der Waals surface area contributed by atoms with Crippen molar-refractivity contribution in [3.8, 4) is 16.9 Å². The zero-order chi connectivity index (χ0) is 24.0. The van der Waals surface area contributed by atoms with Crippen LogP contribution in [-0.2, 0) is 9.59 Å². The molecule has 2 aromatic carbocycles. The van der Waals surface area contributed by atoms with E-state index in [1.807, 2.05) is 36.1 Å². The molecule has 0 bridgehead atoms. The Morgan fingerprint density at radius 2 is 1.85 bits per heavy atom. The molecule has 3 aromatic rings. The molecule has 1 fully saturated rings. The molecule has 0 spiro atoms. The predicted octanol–water partition coefficient (Wildman–Crippen LogP) is 5.48. The van der Waals surface area contributed by atoms with Crippen LogP contribution in [0.3, 0.4) is 0 Å². The minimum Gasteiger partial charge on any atom is -0.483 e. The number of amides is 1. The Balaban J connectivity index is 0.000000968. The van der Waals surface area contributed by atoms with Gasteiger partial charge in [0.25, 0.3) is 12.4 Å². The summed E-state index contributed by atoms with van der Waals surface area (Å²) in [6.07, 6.45) is 2.71. The van der Waals surface area contributed by atoms with Crippen molar-refractivity contribution in [2.75, 3.05) is 13.1 Å². The van der Waals surface area contributed by atoms with Crippen molar-refractivity contribution in [2.45, 2.75) is 39.2 Å². The summed E-state index contributed by atoms with van der Waals surface area (Å²) in [7, 11) is 0. The summed E-state index contributed by atoms with van der Waals surface area (Å²) in [6.45, 7) is 5.03. The Kier molecular flexibility index (Phi) is 8.22. The minimum atomic E-state index is -0.559. The lowest BCUT2D eigenvalue weighted by Gasteiger charge is -2.29. The number of pyridine rings is 1. The van der Waals surface area contributed by atoms with Crippen molar-refractivity contribution in [3.63, 3.8) is 0 Å². The molecule has 8 heteroatoms. The Labute approximate surface area is 196 Å². The molecule has 0 saturated carbocycles. The molecule has 1 saturated heterocycles. The molecule has 33 heavy (non-hydrogen) atoms. The first-order valence-electron chi connectivity index (χ1n) is 10.7. The number of carbonyl (C=O) groups is 2. The summed E-state index contributed by atoms with van der Waals surface area (Å²) < 4.78 is 19.4. The van der Waals surface area contributed by atoms with E-state index in [0.717, 1.165) is 53.7 Å². The normalized spacial score (nSPS) is 14.2. The highest BCUT2D eigenvalue weighted by Gasteiger charge is 2.23. The van der Waals surface area contributed by atoms with Gasteiger partial charge in [-0.15, -0.1) is 0 Å². The molecule has 1 atom stereocenters. The Morgan fingerprint density at radius 1 is 1.15 bits per heavy atom. The molecule has 1 aromatic heterocycles. The number of halogens is 2. The maximum absolute atomic E-state index is 13.5. The van der Waals surface area contributed by atoms with Crippen molar-refractivity contribution >= 4 is 34.9 Å². The summed E-state index contributed by atoms with van der Waals surface area (Å²) in [5, 5.41) is 8.12. The minimum absolute atomic E-state index is 0.0192. The summed E-state index contributed by atoms with van der Waals surface area (Å²) >= 11 is 6.30. The number of aryl methyl sites for hydroxylation is 1. The van der Waals surface area contributed by atoms with E-state index in [-0.39, 0.29) is 18.2 Å². The zero-order valence-electron chi connectivity index (χ0n) is 18.6. The molecule has 6 nitrogen and oxygen atoms in total. The van der Waals surface area contributed by atoms with Gasteiger partial charge in [-0.3, -0.25) is 14.6 Å². The fraction of sp³-hybridized carbons (Fsp3) is 0.320. The van der Waals surface area contributed by atoms with Crippen LogP contribution in [0.15, 0.2) is 42.5 Å². The van der Waals surface area contributed by atoms with E-state index >= 15 is 0 Å². The lowest BCUT2D eigenvalue weighted by Crippen LogP contribution is -2.43. The van der Waals surface area contributed by atoms with Gasteiger partial charge in [0.15, 0.2) is 6.10 Å². The van der Waals surface area contributed by atoms with E-state index in [9.17, 15) is 9.18 Å². The lowest BCUT2D eigenvalue weighted by molar-refractivity contribution is -0.138. The van der Waals surface area contributed by atoms with E-state index in [0.29, 0.717) is 10.8 Å². The van der Waals surface area contributed by atoms with Gasteiger partial charge < -0.3 is 14.7 Å². The number of hydrogen-bond acceptors (Lipinski definition) is 4. The van der Waals surface area contributed by atoms with Gasteiger partial charge in [0, 0.05) is 35.8 Å². The third-order valence-electron chi connectivity index (χ3n) is 5.46. The maximum atomic E-state index is 13.5. The molecular weight excluding hydrogens is 447 g/mol. The van der Waals surface area contributed by atoms with Gasteiger partial charge in [0.05, 0.1) is 10.5 Å². The van der Waals surface area contributed by atoms with Crippen molar-refractivity contribution in [2.24, 2.45) is 0 Å². The average Bonchev–Trinajstić information content (AvgIpc) is 2.79. The van der Waals surface area contributed by atoms with E-state index in [4.69, 9.17) is 26.2 Å². The number of fused-ring (bicyclic) bond motifs is 1. The summed E-state index contributed by atoms with van der Waals surface area (Å²) in [5.74, 6) is 0.238. The molecule has 0 radical (unpaired) electrons. The molecule has 1 aliphatic rings. The SMILES string of the molecule is Cc1cc(-c2ccc(F)cc2Cl)c2ccc(OC(C)C(=O)N3CCCCC3)cc2n1.O=CO. The van der Waals surface area contributed by atoms with E-state index in [1.54, 1.807) is 13.0 Å². The van der Waals surface area contributed by atoms with E-state index < -0.39 is 6.10 Å². The first kappa shape index (κ1) is 24.5. The highest BCUT2D eigenvalue weighted by Crippen LogP contribution is 2.35. The van der Waals surface area contributed by atoms with Crippen LogP contribution in [-0.4, -0.2) is 46.6 Å². The van der Waals surface area contributed by atoms with E-state index in [1.165, 1.54) is 18.6 Å².